The molecule has 2 rings (SSSR count). The number of hydrogen-bond donors (Lipinski definition) is 0. The number of amides is 1. The third kappa shape index (κ3) is 4.34. The summed E-state index contributed by atoms with van der Waals surface area (Å²) in [4.78, 5) is 12.9. The lowest BCUT2D eigenvalue weighted by Crippen LogP contribution is -2.25. The minimum absolute atomic E-state index is 0.0396. The van der Waals surface area contributed by atoms with Crippen molar-refractivity contribution in [1.29, 1.82) is 0 Å². The molecule has 1 aromatic carbocycles. The Morgan fingerprint density at radius 1 is 1.36 bits per heavy atom. The van der Waals surface area contributed by atoms with Crippen LogP contribution in [0.2, 0.25) is 5.02 Å². The van der Waals surface area contributed by atoms with Gasteiger partial charge in [0.15, 0.2) is 16.6 Å². The van der Waals surface area contributed by atoms with E-state index in [1.165, 1.54) is 4.90 Å². The highest BCUT2D eigenvalue weighted by molar-refractivity contribution is 7.90. The molecule has 0 radical (unpaired) electrons. The molecule has 0 unspecified atom stereocenters. The van der Waals surface area contributed by atoms with E-state index in [1.54, 1.807) is 26.2 Å². The Balaban J connectivity index is 2.16. The molecule has 0 aliphatic carbocycles. The maximum Gasteiger partial charge on any atom is 0.223 e. The predicted octanol–water partition coefficient (Wildman–Crippen LogP) is 1.60. The van der Waals surface area contributed by atoms with Crippen LogP contribution < -0.4 is 4.74 Å². The van der Waals surface area contributed by atoms with Crippen LogP contribution in [0.1, 0.15) is 17.5 Å². The average Bonchev–Trinajstić information content (AvgIpc) is 2.44. The van der Waals surface area contributed by atoms with Crippen LogP contribution in [-0.4, -0.2) is 45.9 Å². The van der Waals surface area contributed by atoms with Crippen molar-refractivity contribution >= 4 is 27.3 Å². The maximum atomic E-state index is 12.2. The lowest BCUT2D eigenvalue weighted by molar-refractivity contribution is -0.128. The van der Waals surface area contributed by atoms with Crippen molar-refractivity contribution in [3.8, 4) is 5.75 Å². The van der Waals surface area contributed by atoms with Gasteiger partial charge in [0.2, 0.25) is 5.91 Å². The molecule has 0 bridgehead atoms. The molecule has 1 aliphatic rings. The van der Waals surface area contributed by atoms with Gasteiger partial charge in [-0.2, -0.15) is 0 Å². The third-order valence-corrected chi connectivity index (χ3v) is 5.05. The number of halogens is 1. The SMILES string of the molecule is CN(C)C(=O)CCS(=O)(=O)Cc1cc(Cl)cc2c1OCOC2. The van der Waals surface area contributed by atoms with Gasteiger partial charge in [-0.05, 0) is 12.1 Å². The molecule has 0 saturated carbocycles. The van der Waals surface area contributed by atoms with E-state index in [2.05, 4.69) is 0 Å². The predicted molar refractivity (Wildman–Crippen MR) is 82.5 cm³/mol. The van der Waals surface area contributed by atoms with E-state index in [1.807, 2.05) is 0 Å². The summed E-state index contributed by atoms with van der Waals surface area (Å²) in [7, 11) is -0.254. The zero-order valence-corrected chi connectivity index (χ0v) is 14.0. The highest BCUT2D eigenvalue weighted by atomic mass is 35.5. The number of rotatable bonds is 5. The number of sulfone groups is 1. The summed E-state index contributed by atoms with van der Waals surface area (Å²) >= 11 is 6.01. The van der Waals surface area contributed by atoms with E-state index >= 15 is 0 Å². The fourth-order valence-electron chi connectivity index (χ4n) is 2.14. The van der Waals surface area contributed by atoms with Crippen LogP contribution >= 0.6 is 11.6 Å². The van der Waals surface area contributed by atoms with Crippen LogP contribution in [0.3, 0.4) is 0 Å². The summed E-state index contributed by atoms with van der Waals surface area (Å²) in [6, 6.07) is 3.28. The summed E-state index contributed by atoms with van der Waals surface area (Å²) in [5.74, 6) is -0.127. The monoisotopic (exact) mass is 347 g/mol. The van der Waals surface area contributed by atoms with Crippen LogP contribution in [0.25, 0.3) is 0 Å². The highest BCUT2D eigenvalue weighted by Crippen LogP contribution is 2.32. The summed E-state index contributed by atoms with van der Waals surface area (Å²) in [6.07, 6.45) is -0.0396. The van der Waals surface area contributed by atoms with E-state index < -0.39 is 9.84 Å². The highest BCUT2D eigenvalue weighted by Gasteiger charge is 2.22. The molecule has 1 heterocycles. The Hall–Kier alpha value is -1.31. The normalized spacial score (nSPS) is 14.1. The molecule has 0 aromatic heterocycles. The lowest BCUT2D eigenvalue weighted by Gasteiger charge is -2.21. The van der Waals surface area contributed by atoms with Crippen molar-refractivity contribution in [3.63, 3.8) is 0 Å². The van der Waals surface area contributed by atoms with E-state index in [4.69, 9.17) is 21.1 Å². The summed E-state index contributed by atoms with van der Waals surface area (Å²) in [6.45, 7) is 0.419. The van der Waals surface area contributed by atoms with Crippen molar-refractivity contribution in [2.45, 2.75) is 18.8 Å². The zero-order chi connectivity index (χ0) is 16.3. The van der Waals surface area contributed by atoms with Crippen molar-refractivity contribution in [3.05, 3.63) is 28.3 Å². The van der Waals surface area contributed by atoms with Crippen LogP contribution in [0.4, 0.5) is 0 Å². The van der Waals surface area contributed by atoms with Crippen LogP contribution in [0, 0.1) is 0 Å². The van der Waals surface area contributed by atoms with Crippen LogP contribution in [0.15, 0.2) is 12.1 Å². The second-order valence-corrected chi connectivity index (χ2v) is 7.91. The second-order valence-electron chi connectivity index (χ2n) is 5.29. The van der Waals surface area contributed by atoms with E-state index in [9.17, 15) is 13.2 Å². The van der Waals surface area contributed by atoms with Crippen molar-refractivity contribution in [1.82, 2.24) is 4.90 Å². The third-order valence-electron chi connectivity index (χ3n) is 3.25. The number of nitrogens with zero attached hydrogens (tertiary/aromatic N) is 1. The molecule has 0 saturated heterocycles. The van der Waals surface area contributed by atoms with Crippen molar-refractivity contribution < 1.29 is 22.7 Å². The molecule has 6 nitrogen and oxygen atoms in total. The first-order valence-electron chi connectivity index (χ1n) is 6.71. The minimum Gasteiger partial charge on any atom is -0.467 e. The Labute approximate surface area is 134 Å². The summed E-state index contributed by atoms with van der Waals surface area (Å²) in [5.41, 5.74) is 1.23. The zero-order valence-electron chi connectivity index (χ0n) is 12.5. The van der Waals surface area contributed by atoms with Crippen LogP contribution in [-0.2, 0) is 31.7 Å². The smallest absolute Gasteiger partial charge is 0.223 e. The average molecular weight is 348 g/mol. The van der Waals surface area contributed by atoms with E-state index in [0.29, 0.717) is 22.9 Å². The number of ether oxygens (including phenoxy) is 2. The van der Waals surface area contributed by atoms with Gasteiger partial charge in [-0.25, -0.2) is 8.42 Å². The van der Waals surface area contributed by atoms with Gasteiger partial charge in [0, 0.05) is 36.7 Å². The largest absolute Gasteiger partial charge is 0.467 e. The minimum atomic E-state index is -3.44. The molecule has 22 heavy (non-hydrogen) atoms. The number of hydrogen-bond acceptors (Lipinski definition) is 5. The molecule has 0 fully saturated rings. The van der Waals surface area contributed by atoms with Gasteiger partial charge >= 0.3 is 0 Å². The Morgan fingerprint density at radius 3 is 2.77 bits per heavy atom. The molecule has 0 N–H and O–H groups in total. The summed E-state index contributed by atoms with van der Waals surface area (Å²) in [5, 5.41) is 0.433. The molecule has 1 aliphatic heterocycles. The number of carbonyl (C=O) groups is 1. The number of benzene rings is 1. The Morgan fingerprint density at radius 2 is 2.09 bits per heavy atom. The molecule has 1 amide bonds. The van der Waals surface area contributed by atoms with Gasteiger partial charge in [0.05, 0.1) is 18.1 Å². The van der Waals surface area contributed by atoms with Crippen molar-refractivity contribution in [2.24, 2.45) is 0 Å². The van der Waals surface area contributed by atoms with E-state index in [-0.39, 0.29) is 30.6 Å². The molecule has 122 valence electrons. The van der Waals surface area contributed by atoms with Gasteiger partial charge < -0.3 is 14.4 Å². The van der Waals surface area contributed by atoms with Gasteiger partial charge in [0.1, 0.15) is 5.75 Å². The van der Waals surface area contributed by atoms with Gasteiger partial charge in [-0.15, -0.1) is 0 Å². The molecule has 0 atom stereocenters. The topological polar surface area (TPSA) is 72.9 Å². The first kappa shape index (κ1) is 17.1. The first-order chi connectivity index (χ1) is 10.3. The lowest BCUT2D eigenvalue weighted by atomic mass is 10.1. The molecular weight excluding hydrogens is 330 g/mol. The van der Waals surface area contributed by atoms with Gasteiger partial charge in [0.25, 0.3) is 0 Å². The molecule has 0 spiro atoms. The van der Waals surface area contributed by atoms with Gasteiger partial charge in [-0.1, -0.05) is 11.6 Å². The maximum absolute atomic E-state index is 12.2. The quantitative estimate of drug-likeness (QED) is 0.809. The molecule has 8 heteroatoms. The number of carbonyl (C=O) groups excluding carboxylic acids is 1. The van der Waals surface area contributed by atoms with E-state index in [0.717, 1.165) is 5.56 Å². The fraction of sp³-hybridized carbons (Fsp3) is 0.500. The number of fused-ring (bicyclic) bond motifs is 1. The van der Waals surface area contributed by atoms with Gasteiger partial charge in [-0.3, -0.25) is 4.79 Å². The second kappa shape index (κ2) is 6.85. The standard InChI is InChI=1S/C14H18ClNO5S/c1-16(2)13(17)3-4-22(18,19)8-11-6-12(15)5-10-7-20-9-21-14(10)11/h5-6H,3-4,7-9H2,1-2H3. The van der Waals surface area contributed by atoms with Crippen molar-refractivity contribution in [2.75, 3.05) is 26.6 Å². The Bertz CT molecular complexity index is 672. The Kier molecular flexibility index (Phi) is 5.31. The molecule has 1 aromatic rings. The van der Waals surface area contributed by atoms with Crippen LogP contribution in [0.5, 0.6) is 5.75 Å². The fourth-order valence-corrected chi connectivity index (χ4v) is 3.72. The molecular formula is C14H18ClNO5S. The first-order valence-corrected chi connectivity index (χ1v) is 8.91. The summed E-state index contributed by atoms with van der Waals surface area (Å²) < 4.78 is 35.0.